The SMILES string of the molecule is Cc1ccc(OC(=O)c2ccc(-c3ccc(C)cc3C)cc2C)cc1. The summed E-state index contributed by atoms with van der Waals surface area (Å²) in [4.78, 5) is 12.5. The summed E-state index contributed by atoms with van der Waals surface area (Å²) in [6.45, 7) is 8.14. The summed E-state index contributed by atoms with van der Waals surface area (Å²) in [7, 11) is 0. The highest BCUT2D eigenvalue weighted by molar-refractivity contribution is 5.93. The van der Waals surface area contributed by atoms with Gasteiger partial charge in [0, 0.05) is 0 Å². The van der Waals surface area contributed by atoms with E-state index in [1.54, 1.807) is 0 Å². The lowest BCUT2D eigenvalue weighted by Crippen LogP contribution is -2.10. The summed E-state index contributed by atoms with van der Waals surface area (Å²) in [5.74, 6) is 0.238. The van der Waals surface area contributed by atoms with Gasteiger partial charge in [-0.05, 0) is 68.1 Å². The highest BCUT2D eigenvalue weighted by Gasteiger charge is 2.13. The number of carbonyl (C=O) groups is 1. The summed E-state index contributed by atoms with van der Waals surface area (Å²) in [5, 5.41) is 0. The van der Waals surface area contributed by atoms with Crippen molar-refractivity contribution in [1.29, 1.82) is 0 Å². The highest BCUT2D eigenvalue weighted by atomic mass is 16.5. The Morgan fingerprint density at radius 2 is 1.40 bits per heavy atom. The number of hydrogen-bond donors (Lipinski definition) is 0. The molecule has 0 radical (unpaired) electrons. The Bertz CT molecular complexity index is 921. The van der Waals surface area contributed by atoms with Crippen molar-refractivity contribution < 1.29 is 9.53 Å². The largest absolute Gasteiger partial charge is 0.423 e. The maximum atomic E-state index is 12.5. The first-order valence-corrected chi connectivity index (χ1v) is 8.41. The maximum absolute atomic E-state index is 12.5. The summed E-state index contributed by atoms with van der Waals surface area (Å²) in [6.07, 6.45) is 0. The first-order valence-electron chi connectivity index (χ1n) is 8.41. The van der Waals surface area contributed by atoms with Crippen molar-refractivity contribution in [1.82, 2.24) is 0 Å². The molecule has 2 nitrogen and oxygen atoms in total. The summed E-state index contributed by atoms with van der Waals surface area (Å²) in [6, 6.07) is 19.8. The molecule has 0 saturated heterocycles. The van der Waals surface area contributed by atoms with Gasteiger partial charge in [0.25, 0.3) is 0 Å². The van der Waals surface area contributed by atoms with E-state index in [0.29, 0.717) is 11.3 Å². The Morgan fingerprint density at radius 3 is 2.04 bits per heavy atom. The predicted molar refractivity (Wildman–Crippen MR) is 102 cm³/mol. The fraction of sp³-hybridized carbons (Fsp3) is 0.174. The van der Waals surface area contributed by atoms with E-state index in [-0.39, 0.29) is 5.97 Å². The van der Waals surface area contributed by atoms with Crippen molar-refractivity contribution >= 4 is 5.97 Å². The molecule has 0 unspecified atom stereocenters. The number of ether oxygens (including phenoxy) is 1. The van der Waals surface area contributed by atoms with Gasteiger partial charge in [0.05, 0.1) is 5.56 Å². The molecule has 0 atom stereocenters. The van der Waals surface area contributed by atoms with E-state index in [0.717, 1.165) is 16.7 Å². The molecule has 0 saturated carbocycles. The van der Waals surface area contributed by atoms with Crippen molar-refractivity contribution in [3.8, 4) is 16.9 Å². The second kappa shape index (κ2) is 6.94. The first-order chi connectivity index (χ1) is 11.9. The molecule has 25 heavy (non-hydrogen) atoms. The average molecular weight is 330 g/mol. The van der Waals surface area contributed by atoms with E-state index in [1.165, 1.54) is 16.7 Å². The van der Waals surface area contributed by atoms with Crippen LogP contribution in [-0.4, -0.2) is 5.97 Å². The minimum absolute atomic E-state index is 0.325. The van der Waals surface area contributed by atoms with Crippen LogP contribution in [0.4, 0.5) is 0 Å². The number of aryl methyl sites for hydroxylation is 4. The van der Waals surface area contributed by atoms with E-state index < -0.39 is 0 Å². The summed E-state index contributed by atoms with van der Waals surface area (Å²) >= 11 is 0. The Kier molecular flexibility index (Phi) is 4.71. The molecule has 3 aromatic rings. The Morgan fingerprint density at radius 1 is 0.720 bits per heavy atom. The molecule has 0 aliphatic carbocycles. The lowest BCUT2D eigenvalue weighted by atomic mass is 9.96. The third kappa shape index (κ3) is 3.80. The first kappa shape index (κ1) is 17.0. The molecule has 3 rings (SSSR count). The molecule has 3 aromatic carbocycles. The van der Waals surface area contributed by atoms with Gasteiger partial charge in [0.2, 0.25) is 0 Å². The topological polar surface area (TPSA) is 26.3 Å². The van der Waals surface area contributed by atoms with Crippen LogP contribution in [0.2, 0.25) is 0 Å². The number of carbonyl (C=O) groups excluding carboxylic acids is 1. The van der Waals surface area contributed by atoms with Crippen molar-refractivity contribution in [3.63, 3.8) is 0 Å². The van der Waals surface area contributed by atoms with E-state index in [4.69, 9.17) is 4.74 Å². The smallest absolute Gasteiger partial charge is 0.343 e. The van der Waals surface area contributed by atoms with Crippen molar-refractivity contribution in [2.75, 3.05) is 0 Å². The lowest BCUT2D eigenvalue weighted by Gasteiger charge is -2.11. The Hall–Kier alpha value is -2.87. The van der Waals surface area contributed by atoms with Crippen LogP contribution in [0.3, 0.4) is 0 Å². The third-order valence-electron chi connectivity index (χ3n) is 4.37. The molecule has 2 heteroatoms. The molecule has 0 aromatic heterocycles. The number of rotatable bonds is 3. The zero-order valence-corrected chi connectivity index (χ0v) is 15.1. The molecular formula is C23H22O2. The molecule has 0 bridgehead atoms. The van der Waals surface area contributed by atoms with Crippen LogP contribution in [0.5, 0.6) is 5.75 Å². The van der Waals surface area contributed by atoms with Gasteiger partial charge in [0.1, 0.15) is 5.75 Å². The Balaban J connectivity index is 1.86. The van der Waals surface area contributed by atoms with Crippen LogP contribution in [0.15, 0.2) is 60.7 Å². The van der Waals surface area contributed by atoms with Crippen LogP contribution >= 0.6 is 0 Å². The Labute approximate surface area is 149 Å². The van der Waals surface area contributed by atoms with Gasteiger partial charge in [-0.25, -0.2) is 4.79 Å². The average Bonchev–Trinajstić information content (AvgIpc) is 2.56. The van der Waals surface area contributed by atoms with E-state index in [1.807, 2.05) is 56.3 Å². The molecule has 0 aliphatic heterocycles. The third-order valence-corrected chi connectivity index (χ3v) is 4.37. The van der Waals surface area contributed by atoms with Gasteiger partial charge >= 0.3 is 5.97 Å². The van der Waals surface area contributed by atoms with Crippen molar-refractivity contribution in [2.45, 2.75) is 27.7 Å². The minimum Gasteiger partial charge on any atom is -0.423 e. The molecule has 0 N–H and O–H groups in total. The van der Waals surface area contributed by atoms with Crippen LogP contribution in [0.1, 0.15) is 32.6 Å². The van der Waals surface area contributed by atoms with Crippen LogP contribution in [0, 0.1) is 27.7 Å². The normalized spacial score (nSPS) is 10.6. The number of benzene rings is 3. The van der Waals surface area contributed by atoms with Crippen LogP contribution in [0.25, 0.3) is 11.1 Å². The molecule has 0 fully saturated rings. The van der Waals surface area contributed by atoms with Crippen molar-refractivity contribution in [3.05, 3.63) is 88.5 Å². The van der Waals surface area contributed by atoms with Gasteiger partial charge < -0.3 is 4.74 Å². The van der Waals surface area contributed by atoms with Crippen molar-refractivity contribution in [2.24, 2.45) is 0 Å². The molecule has 0 heterocycles. The molecule has 0 spiro atoms. The van der Waals surface area contributed by atoms with Gasteiger partial charge in [-0.1, -0.05) is 53.6 Å². The van der Waals surface area contributed by atoms with E-state index in [9.17, 15) is 4.79 Å². The van der Waals surface area contributed by atoms with Gasteiger partial charge in [0.15, 0.2) is 0 Å². The number of esters is 1. The van der Waals surface area contributed by atoms with E-state index >= 15 is 0 Å². The quantitative estimate of drug-likeness (QED) is 0.448. The van der Waals surface area contributed by atoms with Gasteiger partial charge in [-0.3, -0.25) is 0 Å². The second-order valence-corrected chi connectivity index (χ2v) is 6.55. The molecule has 0 aliphatic rings. The molecule has 0 amide bonds. The highest BCUT2D eigenvalue weighted by Crippen LogP contribution is 2.27. The zero-order valence-electron chi connectivity index (χ0n) is 15.1. The fourth-order valence-corrected chi connectivity index (χ4v) is 2.97. The minimum atomic E-state index is -0.325. The van der Waals surface area contributed by atoms with E-state index in [2.05, 4.69) is 32.0 Å². The maximum Gasteiger partial charge on any atom is 0.343 e. The fourth-order valence-electron chi connectivity index (χ4n) is 2.97. The van der Waals surface area contributed by atoms with Crippen LogP contribution < -0.4 is 4.74 Å². The van der Waals surface area contributed by atoms with Gasteiger partial charge in [-0.2, -0.15) is 0 Å². The standard InChI is InChI=1S/C23H22O2/c1-15-5-9-20(10-6-15)25-23(24)22-12-8-19(14-18(22)4)21-11-7-16(2)13-17(21)3/h5-14H,1-4H3. The molecular weight excluding hydrogens is 308 g/mol. The number of hydrogen-bond acceptors (Lipinski definition) is 2. The summed E-state index contributed by atoms with van der Waals surface area (Å²) in [5.41, 5.74) is 7.41. The van der Waals surface area contributed by atoms with Crippen LogP contribution in [-0.2, 0) is 0 Å². The predicted octanol–water partition coefficient (Wildman–Crippen LogP) is 5.81. The lowest BCUT2D eigenvalue weighted by molar-refractivity contribution is 0.0734. The molecule has 126 valence electrons. The summed E-state index contributed by atoms with van der Waals surface area (Å²) < 4.78 is 5.48. The second-order valence-electron chi connectivity index (χ2n) is 6.55. The van der Waals surface area contributed by atoms with Gasteiger partial charge in [-0.15, -0.1) is 0 Å². The monoisotopic (exact) mass is 330 g/mol. The zero-order chi connectivity index (χ0) is 18.0.